The molecule has 0 aromatic heterocycles. The van der Waals surface area contributed by atoms with E-state index in [9.17, 15) is 9.18 Å². The summed E-state index contributed by atoms with van der Waals surface area (Å²) in [4.78, 5) is 12.8. The number of carbonyl (C=O) groups excluding carboxylic acids is 1. The first-order chi connectivity index (χ1) is 8.60. The van der Waals surface area contributed by atoms with E-state index in [0.29, 0.717) is 0 Å². The summed E-state index contributed by atoms with van der Waals surface area (Å²) >= 11 is 5.79. The normalized spacial score (nSPS) is 9.33. The number of amides is 1. The van der Waals surface area contributed by atoms with Gasteiger partial charge < -0.3 is 4.90 Å². The maximum absolute atomic E-state index is 13.5. The highest BCUT2D eigenvalue weighted by Crippen LogP contribution is 2.20. The molecule has 1 amide bonds. The van der Waals surface area contributed by atoms with Crippen LogP contribution in [0.15, 0.2) is 18.2 Å². The number of hydrogen-bond donors (Lipinski definition) is 0. The maximum Gasteiger partial charge on any atom is 0.228 e. The Morgan fingerprint density at radius 1 is 1.33 bits per heavy atom. The van der Waals surface area contributed by atoms with E-state index in [1.54, 1.807) is 12.1 Å². The molecule has 0 saturated carbocycles. The van der Waals surface area contributed by atoms with Crippen molar-refractivity contribution in [3.8, 4) is 12.1 Å². The summed E-state index contributed by atoms with van der Waals surface area (Å²) in [5, 5.41) is 17.2. The van der Waals surface area contributed by atoms with Crippen LogP contribution in [0.25, 0.3) is 0 Å². The smallest absolute Gasteiger partial charge is 0.228 e. The van der Waals surface area contributed by atoms with Gasteiger partial charge in [0.1, 0.15) is 18.9 Å². The number of halogens is 2. The van der Waals surface area contributed by atoms with Crippen LogP contribution in [0.3, 0.4) is 0 Å². The molecule has 0 bridgehead atoms. The molecular weight excluding hydrogens is 257 g/mol. The standard InChI is InChI=1S/C12H9ClFN3O/c13-10-2-1-3-11(14)9(10)8-12(18)17(6-4-15)7-5-16/h1-3H,6-8H2. The van der Waals surface area contributed by atoms with Crippen molar-refractivity contribution in [2.24, 2.45) is 0 Å². The molecule has 4 nitrogen and oxygen atoms in total. The fourth-order valence-corrected chi connectivity index (χ4v) is 1.60. The molecule has 0 saturated heterocycles. The zero-order chi connectivity index (χ0) is 13.5. The molecule has 6 heteroatoms. The number of hydrogen-bond acceptors (Lipinski definition) is 3. The molecule has 0 atom stereocenters. The maximum atomic E-state index is 13.5. The molecule has 0 spiro atoms. The fourth-order valence-electron chi connectivity index (χ4n) is 1.37. The van der Waals surface area contributed by atoms with Gasteiger partial charge in [0.05, 0.1) is 18.6 Å². The van der Waals surface area contributed by atoms with Gasteiger partial charge in [-0.2, -0.15) is 10.5 Å². The predicted octanol–water partition coefficient (Wildman–Crippen LogP) is 1.90. The van der Waals surface area contributed by atoms with Gasteiger partial charge in [-0.1, -0.05) is 17.7 Å². The van der Waals surface area contributed by atoms with Gasteiger partial charge in [0.2, 0.25) is 5.91 Å². The van der Waals surface area contributed by atoms with Crippen LogP contribution in [0.5, 0.6) is 0 Å². The van der Waals surface area contributed by atoms with Crippen molar-refractivity contribution in [1.29, 1.82) is 10.5 Å². The number of nitriles is 2. The Kier molecular flexibility index (Phi) is 5.10. The molecule has 1 aromatic rings. The monoisotopic (exact) mass is 265 g/mol. The number of rotatable bonds is 4. The van der Waals surface area contributed by atoms with E-state index < -0.39 is 11.7 Å². The lowest BCUT2D eigenvalue weighted by molar-refractivity contribution is -0.129. The second-order valence-electron chi connectivity index (χ2n) is 3.44. The first kappa shape index (κ1) is 14.0. The summed E-state index contributed by atoms with van der Waals surface area (Å²) in [5.41, 5.74) is 0.0741. The highest BCUT2D eigenvalue weighted by molar-refractivity contribution is 6.31. The summed E-state index contributed by atoms with van der Waals surface area (Å²) in [5.74, 6) is -1.09. The summed E-state index contributed by atoms with van der Waals surface area (Å²) in [6, 6.07) is 7.67. The Balaban J connectivity index is 2.87. The Bertz CT molecular complexity index is 497. The second kappa shape index (κ2) is 6.58. The third-order valence-electron chi connectivity index (χ3n) is 2.27. The van der Waals surface area contributed by atoms with E-state index in [1.807, 2.05) is 0 Å². The van der Waals surface area contributed by atoms with Gasteiger partial charge in [-0.05, 0) is 12.1 Å². The van der Waals surface area contributed by atoms with Gasteiger partial charge >= 0.3 is 0 Å². The van der Waals surface area contributed by atoms with E-state index >= 15 is 0 Å². The van der Waals surface area contributed by atoms with Gasteiger partial charge in [0.15, 0.2) is 0 Å². The highest BCUT2D eigenvalue weighted by Gasteiger charge is 2.17. The predicted molar refractivity (Wildman–Crippen MR) is 62.9 cm³/mol. The zero-order valence-electron chi connectivity index (χ0n) is 9.36. The van der Waals surface area contributed by atoms with E-state index in [2.05, 4.69) is 0 Å². The molecule has 0 aliphatic heterocycles. The van der Waals surface area contributed by atoms with Crippen molar-refractivity contribution in [3.05, 3.63) is 34.6 Å². The Morgan fingerprint density at radius 3 is 2.44 bits per heavy atom. The van der Waals surface area contributed by atoms with Crippen LogP contribution in [0.4, 0.5) is 4.39 Å². The molecular formula is C12H9ClFN3O. The zero-order valence-corrected chi connectivity index (χ0v) is 10.1. The highest BCUT2D eigenvalue weighted by atomic mass is 35.5. The Labute approximate surface area is 109 Å². The molecule has 0 aliphatic rings. The molecule has 1 rings (SSSR count). The number of nitrogens with zero attached hydrogens (tertiary/aromatic N) is 3. The SMILES string of the molecule is N#CCN(CC#N)C(=O)Cc1c(F)cccc1Cl. The van der Waals surface area contributed by atoms with E-state index in [4.69, 9.17) is 22.1 Å². The minimum absolute atomic E-state index is 0.0741. The number of benzene rings is 1. The van der Waals surface area contributed by atoms with Gasteiger partial charge in [0, 0.05) is 10.6 Å². The van der Waals surface area contributed by atoms with E-state index in [1.165, 1.54) is 18.2 Å². The fraction of sp³-hybridized carbons (Fsp3) is 0.250. The van der Waals surface area contributed by atoms with Crippen LogP contribution in [0.1, 0.15) is 5.56 Å². The first-order valence-corrected chi connectivity index (χ1v) is 5.42. The summed E-state index contributed by atoms with van der Waals surface area (Å²) < 4.78 is 13.5. The Morgan fingerprint density at radius 2 is 1.94 bits per heavy atom. The van der Waals surface area contributed by atoms with Gasteiger partial charge in [0.25, 0.3) is 0 Å². The Hall–Kier alpha value is -2.11. The third-order valence-corrected chi connectivity index (χ3v) is 2.62. The third kappa shape index (κ3) is 3.44. The molecule has 0 heterocycles. The second-order valence-corrected chi connectivity index (χ2v) is 3.85. The van der Waals surface area contributed by atoms with Crippen molar-refractivity contribution < 1.29 is 9.18 Å². The van der Waals surface area contributed by atoms with E-state index in [0.717, 1.165) is 4.90 Å². The lowest BCUT2D eigenvalue weighted by Crippen LogP contribution is -2.33. The molecule has 0 N–H and O–H groups in total. The van der Waals surface area contributed by atoms with Crippen LogP contribution in [-0.4, -0.2) is 23.9 Å². The van der Waals surface area contributed by atoms with Crippen molar-refractivity contribution in [3.63, 3.8) is 0 Å². The van der Waals surface area contributed by atoms with Gasteiger partial charge in [-0.3, -0.25) is 4.79 Å². The van der Waals surface area contributed by atoms with Crippen molar-refractivity contribution in [2.45, 2.75) is 6.42 Å². The van der Waals surface area contributed by atoms with Crippen LogP contribution in [0.2, 0.25) is 5.02 Å². The average molecular weight is 266 g/mol. The van der Waals surface area contributed by atoms with Crippen molar-refractivity contribution in [2.75, 3.05) is 13.1 Å². The minimum atomic E-state index is -0.579. The topological polar surface area (TPSA) is 67.9 Å². The quantitative estimate of drug-likeness (QED) is 0.781. The van der Waals surface area contributed by atoms with Crippen LogP contribution in [-0.2, 0) is 11.2 Å². The van der Waals surface area contributed by atoms with Gasteiger partial charge in [-0.15, -0.1) is 0 Å². The molecule has 92 valence electrons. The molecule has 0 fully saturated rings. The molecule has 1 aromatic carbocycles. The molecule has 0 unspecified atom stereocenters. The van der Waals surface area contributed by atoms with Gasteiger partial charge in [-0.25, -0.2) is 4.39 Å². The average Bonchev–Trinajstić information content (AvgIpc) is 2.33. The van der Waals surface area contributed by atoms with Crippen LogP contribution in [0, 0.1) is 28.5 Å². The molecule has 18 heavy (non-hydrogen) atoms. The van der Waals surface area contributed by atoms with Crippen LogP contribution < -0.4 is 0 Å². The number of carbonyl (C=O) groups is 1. The summed E-state index contributed by atoms with van der Waals surface area (Å²) in [6.45, 7) is -0.420. The largest absolute Gasteiger partial charge is 0.316 e. The lowest BCUT2D eigenvalue weighted by atomic mass is 10.1. The summed E-state index contributed by atoms with van der Waals surface area (Å²) in [7, 11) is 0. The van der Waals surface area contributed by atoms with Crippen molar-refractivity contribution in [1.82, 2.24) is 4.90 Å². The van der Waals surface area contributed by atoms with Crippen LogP contribution >= 0.6 is 11.6 Å². The summed E-state index contributed by atoms with van der Waals surface area (Å²) in [6.07, 6.45) is -0.269. The lowest BCUT2D eigenvalue weighted by Gasteiger charge is -2.16. The first-order valence-electron chi connectivity index (χ1n) is 5.04. The van der Waals surface area contributed by atoms with E-state index in [-0.39, 0.29) is 30.1 Å². The molecule has 0 radical (unpaired) electrons. The molecule has 0 aliphatic carbocycles. The van der Waals surface area contributed by atoms with Crippen molar-refractivity contribution >= 4 is 17.5 Å². The minimum Gasteiger partial charge on any atom is -0.316 e.